The predicted molar refractivity (Wildman–Crippen MR) is 124 cm³/mol. The van der Waals surface area contributed by atoms with Crippen molar-refractivity contribution in [3.05, 3.63) is 6.20 Å². The Morgan fingerprint density at radius 3 is 2.58 bits per heavy atom. The van der Waals surface area contributed by atoms with Gasteiger partial charge in [-0.1, -0.05) is 19.8 Å². The molecule has 2 N–H and O–H groups in total. The molecule has 1 saturated heterocycles. The molecule has 1 aromatic rings. The van der Waals surface area contributed by atoms with Gasteiger partial charge >= 0.3 is 0 Å². The number of nitrogens with zero attached hydrogens (tertiary/aromatic N) is 5. The highest BCUT2D eigenvalue weighted by atomic mass is 16.3. The fourth-order valence-corrected chi connectivity index (χ4v) is 5.59. The highest BCUT2D eigenvalue weighted by Gasteiger charge is 2.41. The van der Waals surface area contributed by atoms with Gasteiger partial charge in [-0.2, -0.15) is 4.98 Å². The Morgan fingerprint density at radius 2 is 1.94 bits per heavy atom. The number of aliphatic hydroxyl groups is 1. The second-order valence-corrected chi connectivity index (χ2v) is 9.40. The van der Waals surface area contributed by atoms with Gasteiger partial charge in [-0.05, 0) is 58.0 Å². The first-order chi connectivity index (χ1) is 15.0. The number of rotatable bonds is 7. The summed E-state index contributed by atoms with van der Waals surface area (Å²) in [5, 5.41) is 12.7. The molecule has 1 aromatic heterocycles. The lowest BCUT2D eigenvalue weighted by Gasteiger charge is -2.43. The van der Waals surface area contributed by atoms with Crippen LogP contribution >= 0.6 is 0 Å². The Hall–Kier alpha value is -1.93. The molecule has 4 rings (SSSR count). The molecule has 2 atom stereocenters. The lowest BCUT2D eigenvalue weighted by Crippen LogP contribution is -2.55. The summed E-state index contributed by atoms with van der Waals surface area (Å²) >= 11 is 0. The third-order valence-electron chi connectivity index (χ3n) is 7.52. The zero-order valence-electron chi connectivity index (χ0n) is 19.3. The van der Waals surface area contributed by atoms with Crippen molar-refractivity contribution in [3.63, 3.8) is 0 Å². The van der Waals surface area contributed by atoms with Crippen molar-refractivity contribution in [2.45, 2.75) is 76.9 Å². The Kier molecular flexibility index (Phi) is 6.96. The second-order valence-electron chi connectivity index (χ2n) is 9.40. The number of aliphatic hydroxyl groups excluding tert-OH is 1. The molecule has 3 aliphatic rings. The fraction of sp³-hybridized carbons (Fsp3) is 0.783. The average Bonchev–Trinajstić information content (AvgIpc) is 3.31. The summed E-state index contributed by atoms with van der Waals surface area (Å²) in [7, 11) is 1.84. The maximum atomic E-state index is 13.0. The van der Waals surface area contributed by atoms with E-state index in [1.807, 2.05) is 13.2 Å². The monoisotopic (exact) mass is 430 g/mol. The Morgan fingerprint density at radius 1 is 1.23 bits per heavy atom. The van der Waals surface area contributed by atoms with Crippen LogP contribution in [0.25, 0.3) is 0 Å². The lowest BCUT2D eigenvalue weighted by atomic mass is 9.90. The zero-order valence-corrected chi connectivity index (χ0v) is 19.3. The molecule has 0 bridgehead atoms. The molecular weight excluding hydrogens is 392 g/mol. The van der Waals surface area contributed by atoms with E-state index in [2.05, 4.69) is 33.9 Å². The number of likely N-dealkylation sites (tertiary alicyclic amines) is 1. The molecule has 0 spiro atoms. The van der Waals surface area contributed by atoms with E-state index in [9.17, 15) is 4.79 Å². The van der Waals surface area contributed by atoms with Crippen LogP contribution < -0.4 is 15.1 Å². The topological polar surface area (TPSA) is 84.8 Å². The van der Waals surface area contributed by atoms with E-state index in [-0.39, 0.29) is 24.6 Å². The zero-order chi connectivity index (χ0) is 22.0. The van der Waals surface area contributed by atoms with Crippen LogP contribution in [0, 0.1) is 5.92 Å². The molecule has 0 aromatic carbocycles. The van der Waals surface area contributed by atoms with E-state index in [0.29, 0.717) is 17.9 Å². The Bertz CT molecular complexity index is 760. The van der Waals surface area contributed by atoms with Crippen molar-refractivity contribution in [1.82, 2.24) is 14.9 Å². The number of carbonyl (C=O) groups excluding carboxylic acids is 1. The van der Waals surface area contributed by atoms with Crippen LogP contribution in [0.1, 0.15) is 58.8 Å². The van der Waals surface area contributed by atoms with Gasteiger partial charge in [0.15, 0.2) is 5.82 Å². The molecule has 2 aliphatic heterocycles. The molecular formula is C23H38N6O2. The third-order valence-corrected chi connectivity index (χ3v) is 7.52. The predicted octanol–water partition coefficient (Wildman–Crippen LogP) is 2.49. The van der Waals surface area contributed by atoms with Crippen LogP contribution in [0.3, 0.4) is 0 Å². The Balaban J connectivity index is 1.52. The fourth-order valence-electron chi connectivity index (χ4n) is 5.59. The van der Waals surface area contributed by atoms with Crippen LogP contribution in [0.4, 0.5) is 17.5 Å². The number of fused-ring (bicyclic) bond motifs is 1. The van der Waals surface area contributed by atoms with Crippen LogP contribution in [-0.2, 0) is 4.79 Å². The molecule has 1 amide bonds. The van der Waals surface area contributed by atoms with Crippen molar-refractivity contribution in [1.29, 1.82) is 0 Å². The van der Waals surface area contributed by atoms with Gasteiger partial charge in [-0.3, -0.25) is 4.79 Å². The second kappa shape index (κ2) is 9.69. The molecule has 8 heteroatoms. The molecule has 8 nitrogen and oxygen atoms in total. The van der Waals surface area contributed by atoms with Crippen molar-refractivity contribution >= 4 is 23.4 Å². The number of likely N-dealkylation sites (N-methyl/N-ethyl adjacent to an activating group) is 1. The van der Waals surface area contributed by atoms with Gasteiger partial charge in [0, 0.05) is 25.7 Å². The summed E-state index contributed by atoms with van der Waals surface area (Å²) in [5.74, 6) is 2.27. The minimum atomic E-state index is -0.142. The van der Waals surface area contributed by atoms with Crippen LogP contribution in [0.15, 0.2) is 6.20 Å². The van der Waals surface area contributed by atoms with E-state index >= 15 is 0 Å². The van der Waals surface area contributed by atoms with E-state index in [1.165, 1.54) is 12.8 Å². The first kappa shape index (κ1) is 22.3. The normalized spacial score (nSPS) is 24.5. The van der Waals surface area contributed by atoms with Crippen molar-refractivity contribution in [2.75, 3.05) is 48.4 Å². The lowest BCUT2D eigenvalue weighted by molar-refractivity contribution is -0.120. The minimum Gasteiger partial charge on any atom is -0.395 e. The number of aromatic nitrogens is 2. The maximum Gasteiger partial charge on any atom is 0.249 e. The number of hydrogen-bond donors (Lipinski definition) is 2. The van der Waals surface area contributed by atoms with Crippen LogP contribution in [0.2, 0.25) is 0 Å². The highest BCUT2D eigenvalue weighted by Crippen LogP contribution is 2.40. The van der Waals surface area contributed by atoms with Gasteiger partial charge in [0.25, 0.3) is 0 Å². The molecule has 1 aliphatic carbocycles. The molecule has 2 unspecified atom stereocenters. The molecule has 0 radical (unpaired) electrons. The first-order valence-electron chi connectivity index (χ1n) is 12.1. The maximum absolute atomic E-state index is 13.0. The number of anilines is 3. The molecule has 3 heterocycles. The van der Waals surface area contributed by atoms with Gasteiger partial charge in [-0.15, -0.1) is 0 Å². The highest BCUT2D eigenvalue weighted by molar-refractivity contribution is 6.04. The van der Waals surface area contributed by atoms with E-state index in [4.69, 9.17) is 10.1 Å². The van der Waals surface area contributed by atoms with E-state index in [0.717, 1.165) is 63.2 Å². The van der Waals surface area contributed by atoms with Crippen LogP contribution in [0.5, 0.6) is 0 Å². The summed E-state index contributed by atoms with van der Waals surface area (Å²) in [4.78, 5) is 28.9. The first-order valence-corrected chi connectivity index (χ1v) is 12.1. The van der Waals surface area contributed by atoms with E-state index in [1.54, 1.807) is 4.90 Å². The number of hydrogen-bond acceptors (Lipinski definition) is 7. The van der Waals surface area contributed by atoms with Gasteiger partial charge in [-0.25, -0.2) is 4.98 Å². The average molecular weight is 431 g/mol. The molecule has 2 fully saturated rings. The number of carbonyl (C=O) groups is 1. The Labute approximate surface area is 186 Å². The van der Waals surface area contributed by atoms with Crippen molar-refractivity contribution < 1.29 is 9.90 Å². The molecule has 1 saturated carbocycles. The standard InChI is InChI=1S/C23H38N6O2/c1-4-19-22(31)27(3)20-15-24-23(26-21(20)29(19)18-7-5-6-8-18)25-16(2)17-9-11-28(12-10-17)13-14-30/h15-19,30H,4-14H2,1-3H3,(H,24,25,26). The van der Waals surface area contributed by atoms with Gasteiger partial charge in [0.05, 0.1) is 12.8 Å². The van der Waals surface area contributed by atoms with Crippen LogP contribution in [-0.4, -0.2) is 77.3 Å². The quantitative estimate of drug-likeness (QED) is 0.687. The molecule has 172 valence electrons. The summed E-state index contributed by atoms with van der Waals surface area (Å²) in [6.07, 6.45) is 9.52. The smallest absolute Gasteiger partial charge is 0.249 e. The van der Waals surface area contributed by atoms with Gasteiger partial charge in [0.1, 0.15) is 11.7 Å². The van der Waals surface area contributed by atoms with E-state index < -0.39 is 0 Å². The number of piperidine rings is 1. The number of nitrogens with one attached hydrogen (secondary N) is 1. The minimum absolute atomic E-state index is 0.142. The summed E-state index contributed by atoms with van der Waals surface area (Å²) in [6, 6.07) is 0.521. The summed E-state index contributed by atoms with van der Waals surface area (Å²) < 4.78 is 0. The molecule has 31 heavy (non-hydrogen) atoms. The number of β-amino-alcohol motifs (C(OH)–C–C–N with tert-alkyl or cyclic N) is 1. The van der Waals surface area contributed by atoms with Gasteiger partial charge < -0.3 is 25.1 Å². The summed E-state index contributed by atoms with van der Waals surface area (Å²) in [5.41, 5.74) is 0.817. The van der Waals surface area contributed by atoms with Crippen molar-refractivity contribution in [3.8, 4) is 0 Å². The number of amides is 1. The van der Waals surface area contributed by atoms with Gasteiger partial charge in [0.2, 0.25) is 11.9 Å². The third kappa shape index (κ3) is 4.51. The van der Waals surface area contributed by atoms with Crippen molar-refractivity contribution in [2.24, 2.45) is 5.92 Å². The largest absolute Gasteiger partial charge is 0.395 e. The summed E-state index contributed by atoms with van der Waals surface area (Å²) in [6.45, 7) is 7.37. The SMILES string of the molecule is CCC1C(=O)N(C)c2cnc(NC(C)C3CCN(CCO)CC3)nc2N1C1CCCC1.